The number of esters is 2. The van der Waals surface area contributed by atoms with Crippen LogP contribution in [0.15, 0.2) is 11.6 Å². The fourth-order valence-electron chi connectivity index (χ4n) is 4.30. The molecule has 0 aliphatic rings. The van der Waals surface area contributed by atoms with Crippen molar-refractivity contribution in [3.63, 3.8) is 0 Å². The Labute approximate surface area is 237 Å². The lowest BCUT2D eigenvalue weighted by molar-refractivity contribution is -0.142. The SMILES string of the molecule is CCN(CC(=O)OC)C(=O)NC(CSC/C=C(\C)CCCC(C)CCCC(C)CCCC(C)C)C(=O)OC. The van der Waals surface area contributed by atoms with Gasteiger partial charge in [0.05, 0.1) is 14.2 Å². The zero-order valence-corrected chi connectivity index (χ0v) is 26.3. The fraction of sp³-hybridized carbons (Fsp3) is 0.833. The van der Waals surface area contributed by atoms with Crippen LogP contribution in [0.1, 0.15) is 99.3 Å². The maximum atomic E-state index is 12.5. The Hall–Kier alpha value is -1.70. The summed E-state index contributed by atoms with van der Waals surface area (Å²) >= 11 is 1.57. The predicted molar refractivity (Wildman–Crippen MR) is 159 cm³/mol. The molecule has 0 aliphatic carbocycles. The molecule has 0 heterocycles. The molecular formula is C30H56N2O5S. The highest BCUT2D eigenvalue weighted by Crippen LogP contribution is 2.22. The summed E-state index contributed by atoms with van der Waals surface area (Å²) in [6.45, 7) is 13.5. The monoisotopic (exact) mass is 556 g/mol. The first-order valence-corrected chi connectivity index (χ1v) is 15.6. The van der Waals surface area contributed by atoms with Gasteiger partial charge in [0.15, 0.2) is 0 Å². The molecule has 0 radical (unpaired) electrons. The molecule has 3 unspecified atom stereocenters. The molecule has 7 nitrogen and oxygen atoms in total. The van der Waals surface area contributed by atoms with E-state index in [1.54, 1.807) is 18.7 Å². The summed E-state index contributed by atoms with van der Waals surface area (Å²) in [5, 5.41) is 2.68. The number of ether oxygens (including phenoxy) is 2. The molecule has 0 aromatic carbocycles. The number of nitrogens with one attached hydrogen (secondary N) is 1. The van der Waals surface area contributed by atoms with Crippen molar-refractivity contribution in [2.24, 2.45) is 17.8 Å². The third-order valence-corrected chi connectivity index (χ3v) is 7.95. The highest BCUT2D eigenvalue weighted by atomic mass is 32.2. The summed E-state index contributed by atoms with van der Waals surface area (Å²) in [6, 6.07) is -1.27. The van der Waals surface area contributed by atoms with Crippen LogP contribution in [0.3, 0.4) is 0 Å². The van der Waals surface area contributed by atoms with E-state index >= 15 is 0 Å². The van der Waals surface area contributed by atoms with Crippen LogP contribution in [0.4, 0.5) is 4.79 Å². The Balaban J connectivity index is 4.30. The number of hydrogen-bond acceptors (Lipinski definition) is 6. The van der Waals surface area contributed by atoms with E-state index in [0.29, 0.717) is 12.3 Å². The van der Waals surface area contributed by atoms with Gasteiger partial charge >= 0.3 is 18.0 Å². The number of nitrogens with zero attached hydrogens (tertiary/aromatic N) is 1. The minimum absolute atomic E-state index is 0.169. The normalized spacial score (nSPS) is 14.1. The van der Waals surface area contributed by atoms with Crippen LogP contribution in [0.2, 0.25) is 0 Å². The number of allylic oxidation sites excluding steroid dienone is 1. The van der Waals surface area contributed by atoms with E-state index in [9.17, 15) is 14.4 Å². The molecule has 0 saturated heterocycles. The first-order chi connectivity index (χ1) is 18.0. The highest BCUT2D eigenvalue weighted by Gasteiger charge is 2.25. The van der Waals surface area contributed by atoms with Crippen LogP contribution in [-0.2, 0) is 19.1 Å². The lowest BCUT2D eigenvalue weighted by atomic mass is 9.91. The first-order valence-electron chi connectivity index (χ1n) is 14.5. The number of hydrogen-bond donors (Lipinski definition) is 1. The van der Waals surface area contributed by atoms with Crippen LogP contribution in [0.25, 0.3) is 0 Å². The second-order valence-electron chi connectivity index (χ2n) is 11.1. The summed E-state index contributed by atoms with van der Waals surface area (Å²) in [7, 11) is 2.58. The minimum atomic E-state index is -0.781. The van der Waals surface area contributed by atoms with E-state index in [0.717, 1.165) is 29.9 Å². The standard InChI is InChI=1S/C30H56N2O5S/c1-9-32(21-28(33)36-7)30(35)31-27(29(34)37-8)22-38-20-19-26(6)18-12-17-25(5)16-11-15-24(4)14-10-13-23(2)3/h19,23-25,27H,9-18,20-22H2,1-8H3,(H,31,35)/b26-19+. The van der Waals surface area contributed by atoms with Gasteiger partial charge < -0.3 is 19.7 Å². The van der Waals surface area contributed by atoms with Gasteiger partial charge in [0.1, 0.15) is 12.6 Å². The summed E-state index contributed by atoms with van der Waals surface area (Å²) in [5.41, 5.74) is 1.36. The molecule has 0 saturated carbocycles. The van der Waals surface area contributed by atoms with Gasteiger partial charge in [-0.15, -0.1) is 0 Å². The van der Waals surface area contributed by atoms with Crippen molar-refractivity contribution in [2.45, 2.75) is 105 Å². The Morgan fingerprint density at radius 3 is 2.00 bits per heavy atom. The highest BCUT2D eigenvalue weighted by molar-refractivity contribution is 7.99. The molecule has 38 heavy (non-hydrogen) atoms. The molecule has 0 aromatic heterocycles. The van der Waals surface area contributed by atoms with Gasteiger partial charge in [-0.05, 0) is 44.4 Å². The summed E-state index contributed by atoms with van der Waals surface area (Å²) in [5.74, 6) is 2.58. The second kappa shape index (κ2) is 22.2. The third-order valence-electron chi connectivity index (χ3n) is 6.97. The van der Waals surface area contributed by atoms with Crippen molar-refractivity contribution in [1.82, 2.24) is 10.2 Å². The Morgan fingerprint density at radius 2 is 1.47 bits per heavy atom. The molecule has 0 aliphatic heterocycles. The summed E-state index contributed by atoms with van der Waals surface area (Å²) < 4.78 is 9.49. The van der Waals surface area contributed by atoms with Gasteiger partial charge in [0.2, 0.25) is 0 Å². The van der Waals surface area contributed by atoms with Gasteiger partial charge in [0.25, 0.3) is 0 Å². The molecule has 3 atom stereocenters. The van der Waals surface area contributed by atoms with Crippen molar-refractivity contribution in [1.29, 1.82) is 0 Å². The van der Waals surface area contributed by atoms with Crippen LogP contribution in [-0.4, -0.2) is 67.7 Å². The van der Waals surface area contributed by atoms with Gasteiger partial charge in [0, 0.05) is 18.1 Å². The van der Waals surface area contributed by atoms with Gasteiger partial charge in [-0.3, -0.25) is 4.79 Å². The van der Waals surface area contributed by atoms with E-state index in [2.05, 4.69) is 50.7 Å². The number of amides is 2. The van der Waals surface area contributed by atoms with Crippen molar-refractivity contribution in [3.05, 3.63) is 11.6 Å². The largest absolute Gasteiger partial charge is 0.468 e. The van der Waals surface area contributed by atoms with E-state index in [4.69, 9.17) is 4.74 Å². The zero-order valence-electron chi connectivity index (χ0n) is 25.5. The van der Waals surface area contributed by atoms with E-state index < -0.39 is 24.0 Å². The van der Waals surface area contributed by atoms with Crippen molar-refractivity contribution in [3.8, 4) is 0 Å². The molecule has 0 bridgehead atoms. The second-order valence-corrected chi connectivity index (χ2v) is 12.1. The first kappa shape index (κ1) is 36.3. The molecule has 0 spiro atoms. The quantitative estimate of drug-likeness (QED) is 0.0945. The minimum Gasteiger partial charge on any atom is -0.468 e. The Kier molecular flexibility index (Phi) is 21.2. The number of urea groups is 1. The Morgan fingerprint density at radius 1 is 0.895 bits per heavy atom. The van der Waals surface area contributed by atoms with Crippen molar-refractivity contribution in [2.75, 3.05) is 38.8 Å². The topological polar surface area (TPSA) is 84.9 Å². The molecular weight excluding hydrogens is 500 g/mol. The molecule has 0 rings (SSSR count). The number of carbonyl (C=O) groups is 3. The van der Waals surface area contributed by atoms with Gasteiger partial charge in [-0.25, -0.2) is 9.59 Å². The number of rotatable bonds is 21. The average Bonchev–Trinajstić information content (AvgIpc) is 2.87. The van der Waals surface area contributed by atoms with Gasteiger partial charge in [-0.2, -0.15) is 11.8 Å². The lowest BCUT2D eigenvalue weighted by Gasteiger charge is -2.23. The Bertz CT molecular complexity index is 698. The van der Waals surface area contributed by atoms with Crippen molar-refractivity contribution >= 4 is 29.7 Å². The van der Waals surface area contributed by atoms with E-state index in [1.807, 2.05) is 0 Å². The maximum absolute atomic E-state index is 12.5. The lowest BCUT2D eigenvalue weighted by Crippen LogP contribution is -2.50. The van der Waals surface area contributed by atoms with Crippen LogP contribution >= 0.6 is 11.8 Å². The average molecular weight is 557 g/mol. The van der Waals surface area contributed by atoms with E-state index in [-0.39, 0.29) is 6.54 Å². The zero-order chi connectivity index (χ0) is 28.9. The third kappa shape index (κ3) is 18.5. The molecule has 0 aromatic rings. The molecule has 0 fully saturated rings. The van der Waals surface area contributed by atoms with Crippen LogP contribution in [0.5, 0.6) is 0 Å². The van der Waals surface area contributed by atoms with E-state index in [1.165, 1.54) is 76.1 Å². The van der Waals surface area contributed by atoms with Crippen LogP contribution < -0.4 is 5.32 Å². The smallest absolute Gasteiger partial charge is 0.329 e. The summed E-state index contributed by atoms with van der Waals surface area (Å²) in [4.78, 5) is 37.5. The molecule has 222 valence electrons. The number of carbonyl (C=O) groups excluding carboxylic acids is 3. The van der Waals surface area contributed by atoms with Crippen LogP contribution in [0, 0.1) is 17.8 Å². The molecule has 2 amide bonds. The fourth-order valence-corrected chi connectivity index (χ4v) is 5.29. The number of thioether (sulfide) groups is 1. The number of methoxy groups -OCH3 is 2. The molecule has 8 heteroatoms. The number of likely N-dealkylation sites (N-methyl/N-ethyl adjacent to an activating group) is 1. The van der Waals surface area contributed by atoms with Gasteiger partial charge in [-0.1, -0.05) is 84.3 Å². The van der Waals surface area contributed by atoms with Crippen molar-refractivity contribution < 1.29 is 23.9 Å². The maximum Gasteiger partial charge on any atom is 0.329 e. The predicted octanol–water partition coefficient (Wildman–Crippen LogP) is 6.85. The summed E-state index contributed by atoms with van der Waals surface area (Å²) in [6.07, 6.45) is 13.9. The molecule has 1 N–H and O–H groups in total.